The van der Waals surface area contributed by atoms with Gasteiger partial charge in [-0.2, -0.15) is 5.26 Å². The molecule has 30 heavy (non-hydrogen) atoms. The van der Waals surface area contributed by atoms with E-state index < -0.39 is 36.0 Å². The number of fused-ring (bicyclic) bond motifs is 1. The molecule has 2 aromatic carbocycles. The van der Waals surface area contributed by atoms with E-state index in [1.807, 2.05) is 0 Å². The zero-order valence-electron chi connectivity index (χ0n) is 15.0. The van der Waals surface area contributed by atoms with Crippen LogP contribution in [0, 0.1) is 11.3 Å². The Morgan fingerprint density at radius 3 is 2.33 bits per heavy atom. The molecule has 0 saturated heterocycles. The molecule has 1 aromatic heterocycles. The first kappa shape index (κ1) is 21.3. The first-order valence-electron chi connectivity index (χ1n) is 7.87. The molecular formula is C17H11N3O8S2-2. The van der Waals surface area contributed by atoms with Crippen LogP contribution in [0.2, 0.25) is 0 Å². The normalized spacial score (nSPS) is 11.9. The van der Waals surface area contributed by atoms with E-state index in [1.165, 1.54) is 29.0 Å². The van der Waals surface area contributed by atoms with Crippen LogP contribution in [-0.2, 0) is 25.0 Å². The molecule has 0 aliphatic carbocycles. The number of carbonyl (C=O) groups is 1. The molecular weight excluding hydrogens is 438 g/mol. The Bertz CT molecular complexity index is 1460. The molecule has 0 saturated carbocycles. The number of nitriles is 1. The van der Waals surface area contributed by atoms with Crippen LogP contribution in [0.5, 0.6) is 0 Å². The maximum absolute atomic E-state index is 12.1. The fraction of sp³-hybridized carbons (Fsp3) is 0.0588. The highest BCUT2D eigenvalue weighted by molar-refractivity contribution is 7.86. The van der Waals surface area contributed by atoms with E-state index in [9.17, 15) is 36.0 Å². The number of carbonyl (C=O) groups excluding carboxylic acids is 1. The van der Waals surface area contributed by atoms with Crippen molar-refractivity contribution in [3.05, 3.63) is 47.8 Å². The summed E-state index contributed by atoms with van der Waals surface area (Å²) in [6.45, 7) is 0. The molecule has 0 atom stereocenters. The average Bonchev–Trinajstić information content (AvgIpc) is 3.00. The van der Waals surface area contributed by atoms with E-state index in [2.05, 4.69) is 4.74 Å². The fourth-order valence-electron chi connectivity index (χ4n) is 2.92. The topological polar surface area (TPSA) is 195 Å². The first-order valence-corrected chi connectivity index (χ1v) is 10.7. The lowest BCUT2D eigenvalue weighted by Gasteiger charge is -2.16. The third-order valence-electron chi connectivity index (χ3n) is 4.25. The number of rotatable bonds is 4. The van der Waals surface area contributed by atoms with Crippen molar-refractivity contribution in [1.82, 2.24) is 4.57 Å². The van der Waals surface area contributed by atoms with Crippen LogP contribution in [0.3, 0.4) is 0 Å². The number of hydrogen-bond donors (Lipinski definition) is 1. The Hall–Kier alpha value is -3.44. The second-order valence-electron chi connectivity index (χ2n) is 6.01. The lowest BCUT2D eigenvalue weighted by atomic mass is 10.1. The molecule has 11 nitrogen and oxygen atoms in total. The van der Waals surface area contributed by atoms with Crippen molar-refractivity contribution in [1.29, 1.82) is 5.26 Å². The maximum atomic E-state index is 12.1. The minimum atomic E-state index is -5.12. The maximum Gasteiger partial charge on any atom is 0.357 e. The zero-order valence-corrected chi connectivity index (χ0v) is 16.7. The molecule has 13 heteroatoms. The summed E-state index contributed by atoms with van der Waals surface area (Å²) < 4.78 is 74.8. The van der Waals surface area contributed by atoms with E-state index in [0.29, 0.717) is 6.07 Å². The van der Waals surface area contributed by atoms with Crippen molar-refractivity contribution in [2.24, 2.45) is 0 Å². The molecule has 0 aliphatic heterocycles. The van der Waals surface area contributed by atoms with Gasteiger partial charge in [-0.1, -0.05) is 6.07 Å². The summed E-state index contributed by atoms with van der Waals surface area (Å²) >= 11 is 0. The van der Waals surface area contributed by atoms with E-state index in [4.69, 9.17) is 5.73 Å². The minimum absolute atomic E-state index is 0.0470. The standard InChI is InChI=1S/C17H13N3O8S2/c1-28-17(21)16-15(19)10(7-18)8-20(16)11-2-3-13-9(4-11)5-12(29(22,23)24)6-14(13)30(25,26)27/h2-6,8H,19H2,1H3,(H,22,23,24)(H,25,26,27)/p-2. The van der Waals surface area contributed by atoms with Crippen molar-refractivity contribution in [2.45, 2.75) is 9.79 Å². The van der Waals surface area contributed by atoms with Crippen molar-refractivity contribution >= 4 is 42.7 Å². The second-order valence-corrected chi connectivity index (χ2v) is 8.74. The third kappa shape index (κ3) is 3.60. The highest BCUT2D eigenvalue weighted by Crippen LogP contribution is 2.31. The van der Waals surface area contributed by atoms with Gasteiger partial charge in [0.25, 0.3) is 0 Å². The number of aromatic nitrogens is 1. The van der Waals surface area contributed by atoms with Gasteiger partial charge in [-0.05, 0) is 35.0 Å². The molecule has 0 bridgehead atoms. The van der Waals surface area contributed by atoms with Crippen LogP contribution in [0.4, 0.5) is 5.69 Å². The summed E-state index contributed by atoms with van der Waals surface area (Å²) in [5, 5.41) is 8.96. The van der Waals surface area contributed by atoms with Gasteiger partial charge >= 0.3 is 5.97 Å². The van der Waals surface area contributed by atoms with Crippen LogP contribution in [0.1, 0.15) is 16.1 Å². The SMILES string of the molecule is COC(=O)c1c(N)c(C#N)cn1-c1ccc2c(S(=O)(=O)[O-])cc(S(=O)(=O)[O-])cc2c1. The molecule has 3 aromatic rings. The molecule has 0 unspecified atom stereocenters. The second kappa shape index (κ2) is 7.11. The number of benzene rings is 2. The molecule has 0 fully saturated rings. The summed E-state index contributed by atoms with van der Waals surface area (Å²) in [6, 6.07) is 6.93. The molecule has 156 valence electrons. The van der Waals surface area contributed by atoms with Gasteiger partial charge < -0.3 is 24.1 Å². The van der Waals surface area contributed by atoms with Gasteiger partial charge in [-0.25, -0.2) is 21.6 Å². The van der Waals surface area contributed by atoms with E-state index in [1.54, 1.807) is 6.07 Å². The molecule has 0 amide bonds. The van der Waals surface area contributed by atoms with Crippen molar-refractivity contribution < 1.29 is 35.5 Å². The number of hydrogen-bond acceptors (Lipinski definition) is 10. The first-order chi connectivity index (χ1) is 13.9. The number of anilines is 1. The molecule has 1 heterocycles. The molecule has 0 aliphatic rings. The van der Waals surface area contributed by atoms with Gasteiger partial charge in [0.15, 0.2) is 5.69 Å². The Labute approximate surface area is 170 Å². The van der Waals surface area contributed by atoms with Gasteiger partial charge in [0.2, 0.25) is 0 Å². The highest BCUT2D eigenvalue weighted by Gasteiger charge is 2.22. The van der Waals surface area contributed by atoms with Crippen LogP contribution in [0.15, 0.2) is 46.3 Å². The predicted octanol–water partition coefficient (Wildman–Crippen LogP) is 0.679. The summed E-state index contributed by atoms with van der Waals surface area (Å²) in [4.78, 5) is 10.3. The van der Waals surface area contributed by atoms with Gasteiger partial charge in [-0.15, -0.1) is 0 Å². The number of nitrogens with zero attached hydrogens (tertiary/aromatic N) is 2. The largest absolute Gasteiger partial charge is 0.744 e. The Morgan fingerprint density at radius 1 is 1.13 bits per heavy atom. The van der Waals surface area contributed by atoms with Crippen molar-refractivity contribution in [3.63, 3.8) is 0 Å². The highest BCUT2D eigenvalue weighted by atomic mass is 32.2. The van der Waals surface area contributed by atoms with Gasteiger partial charge in [0.05, 0.1) is 28.2 Å². The predicted molar refractivity (Wildman–Crippen MR) is 99.7 cm³/mol. The lowest BCUT2D eigenvalue weighted by molar-refractivity contribution is 0.0593. The Morgan fingerprint density at radius 2 is 1.80 bits per heavy atom. The van der Waals surface area contributed by atoms with E-state index >= 15 is 0 Å². The smallest absolute Gasteiger partial charge is 0.357 e. The van der Waals surface area contributed by atoms with E-state index in [-0.39, 0.29) is 33.4 Å². The molecule has 0 spiro atoms. The van der Waals surface area contributed by atoms with E-state index in [0.717, 1.165) is 13.2 Å². The van der Waals surface area contributed by atoms with Gasteiger partial charge in [0.1, 0.15) is 26.3 Å². The minimum Gasteiger partial charge on any atom is -0.744 e. The number of nitrogen functional groups attached to an aromatic ring is 1. The quantitative estimate of drug-likeness (QED) is 0.437. The van der Waals surface area contributed by atoms with Crippen LogP contribution >= 0.6 is 0 Å². The summed E-state index contributed by atoms with van der Waals surface area (Å²) in [6.07, 6.45) is 1.22. The summed E-state index contributed by atoms with van der Waals surface area (Å²) in [5.41, 5.74) is 5.57. The number of methoxy groups -OCH3 is 1. The zero-order chi connectivity index (χ0) is 22.4. The molecule has 0 radical (unpaired) electrons. The molecule has 3 rings (SSSR count). The number of nitrogens with two attached hydrogens (primary N) is 1. The lowest BCUT2D eigenvalue weighted by Crippen LogP contribution is -2.11. The van der Waals surface area contributed by atoms with Crippen LogP contribution in [0.25, 0.3) is 16.5 Å². The Balaban J connectivity index is 2.40. The fourth-order valence-corrected chi connectivity index (χ4v) is 4.25. The number of ether oxygens (including phenoxy) is 1. The van der Waals surface area contributed by atoms with Gasteiger partial charge in [0, 0.05) is 11.9 Å². The number of esters is 1. The molecule has 2 N–H and O–H groups in total. The summed E-state index contributed by atoms with van der Waals surface area (Å²) in [5.74, 6) is -0.868. The average molecular weight is 449 g/mol. The van der Waals surface area contributed by atoms with Crippen LogP contribution in [-0.4, -0.2) is 43.6 Å². The third-order valence-corrected chi connectivity index (χ3v) is 5.94. The van der Waals surface area contributed by atoms with Crippen molar-refractivity contribution in [3.8, 4) is 11.8 Å². The van der Waals surface area contributed by atoms with Crippen LogP contribution < -0.4 is 5.73 Å². The van der Waals surface area contributed by atoms with Gasteiger partial charge in [-0.3, -0.25) is 0 Å². The monoisotopic (exact) mass is 449 g/mol. The van der Waals surface area contributed by atoms with Crippen molar-refractivity contribution in [2.75, 3.05) is 12.8 Å². The summed E-state index contributed by atoms with van der Waals surface area (Å²) in [7, 11) is -9.10. The Kier molecular flexibility index (Phi) is 5.04.